The van der Waals surface area contributed by atoms with Crippen molar-refractivity contribution in [1.29, 1.82) is 0 Å². The molecule has 0 heterocycles. The van der Waals surface area contributed by atoms with Crippen LogP contribution in [-0.4, -0.2) is 43.8 Å². The number of carbonyl (C=O) groups excluding carboxylic acids is 2. The van der Waals surface area contributed by atoms with E-state index in [1.807, 2.05) is 61.5 Å². The molecule has 1 saturated carbocycles. The molecule has 1 aliphatic carbocycles. The second kappa shape index (κ2) is 15.6. The minimum absolute atomic E-state index is 0.0370. The highest BCUT2D eigenvalue weighted by Crippen LogP contribution is 2.31. The van der Waals surface area contributed by atoms with Crippen LogP contribution >= 0.6 is 11.6 Å². The Bertz CT molecular complexity index is 1760. The number of nitrogens with one attached hydrogen (secondary N) is 1. The van der Waals surface area contributed by atoms with E-state index in [2.05, 4.69) is 5.32 Å². The molecule has 0 spiro atoms. The van der Waals surface area contributed by atoms with Gasteiger partial charge in [-0.3, -0.25) is 13.9 Å². The predicted molar refractivity (Wildman–Crippen MR) is 188 cm³/mol. The lowest BCUT2D eigenvalue weighted by atomic mass is 9.94. The molecule has 1 atom stereocenters. The maximum atomic E-state index is 14.7. The van der Waals surface area contributed by atoms with Crippen molar-refractivity contribution in [3.05, 3.63) is 130 Å². The topological polar surface area (TPSA) is 86.8 Å². The fraction of sp³-hybridized carbons (Fsp3) is 0.316. The first kappa shape index (κ1) is 34.2. The van der Waals surface area contributed by atoms with Gasteiger partial charge in [-0.2, -0.15) is 0 Å². The van der Waals surface area contributed by atoms with Crippen LogP contribution in [0.3, 0.4) is 0 Å². The summed E-state index contributed by atoms with van der Waals surface area (Å²) in [5.41, 5.74) is 3.64. The van der Waals surface area contributed by atoms with Gasteiger partial charge in [-0.25, -0.2) is 8.42 Å². The molecule has 2 amide bonds. The van der Waals surface area contributed by atoms with Crippen molar-refractivity contribution in [2.24, 2.45) is 0 Å². The van der Waals surface area contributed by atoms with E-state index < -0.39 is 28.5 Å². The third-order valence-corrected chi connectivity index (χ3v) is 11.0. The zero-order valence-electron chi connectivity index (χ0n) is 26.9. The Balaban J connectivity index is 1.58. The van der Waals surface area contributed by atoms with Crippen molar-refractivity contribution in [3.8, 4) is 0 Å². The minimum Gasteiger partial charge on any atom is -0.352 e. The fourth-order valence-electron chi connectivity index (χ4n) is 6.09. The maximum absolute atomic E-state index is 14.7. The van der Waals surface area contributed by atoms with Crippen LogP contribution in [0.25, 0.3) is 0 Å². The first-order valence-corrected chi connectivity index (χ1v) is 18.0. The standard InChI is InChI=1S/C38H42ClN3O4S/c1-28-21-23-31(24-22-28)26-41(36(25-30-13-6-3-7-14-30)38(44)40-32-15-8-4-9-16-32)37(43)27-42(35-20-12-19-34(39)29(35)2)47(45,46)33-17-10-5-11-18-33/h3,5-7,10-14,17-24,32,36H,4,8-9,15-16,25-27H2,1-2H3,(H,40,44)/t36-/m0/s1. The van der Waals surface area contributed by atoms with Gasteiger partial charge in [-0.05, 0) is 67.6 Å². The second-order valence-electron chi connectivity index (χ2n) is 12.3. The average molecular weight is 672 g/mol. The Morgan fingerprint density at radius 2 is 1.45 bits per heavy atom. The Hall–Kier alpha value is -4.14. The number of anilines is 1. The summed E-state index contributed by atoms with van der Waals surface area (Å²) in [7, 11) is -4.20. The van der Waals surface area contributed by atoms with E-state index >= 15 is 0 Å². The number of benzene rings is 4. The van der Waals surface area contributed by atoms with Crippen LogP contribution in [-0.2, 0) is 32.6 Å². The summed E-state index contributed by atoms with van der Waals surface area (Å²) in [6.07, 6.45) is 5.31. The van der Waals surface area contributed by atoms with Crippen molar-refractivity contribution < 1.29 is 18.0 Å². The van der Waals surface area contributed by atoms with Gasteiger partial charge < -0.3 is 10.2 Å². The zero-order chi connectivity index (χ0) is 33.4. The van der Waals surface area contributed by atoms with Gasteiger partial charge in [0.2, 0.25) is 11.8 Å². The molecule has 0 unspecified atom stereocenters. The monoisotopic (exact) mass is 671 g/mol. The highest BCUT2D eigenvalue weighted by Gasteiger charge is 2.36. The van der Waals surface area contributed by atoms with Crippen LogP contribution in [0.15, 0.2) is 108 Å². The van der Waals surface area contributed by atoms with Gasteiger partial charge in [-0.15, -0.1) is 0 Å². The largest absolute Gasteiger partial charge is 0.352 e. The molecule has 0 radical (unpaired) electrons. The van der Waals surface area contributed by atoms with E-state index in [0.717, 1.165) is 53.1 Å². The Kier molecular flexibility index (Phi) is 11.4. The normalized spacial score (nSPS) is 14.3. The predicted octanol–water partition coefficient (Wildman–Crippen LogP) is 7.24. The Morgan fingerprint density at radius 3 is 2.11 bits per heavy atom. The van der Waals surface area contributed by atoms with E-state index in [1.54, 1.807) is 48.2 Å². The van der Waals surface area contributed by atoms with E-state index in [0.29, 0.717) is 16.3 Å². The van der Waals surface area contributed by atoms with Crippen molar-refractivity contribution in [2.45, 2.75) is 75.9 Å². The molecule has 7 nitrogen and oxygen atoms in total. The number of amides is 2. The van der Waals surface area contributed by atoms with Gasteiger partial charge >= 0.3 is 0 Å². The van der Waals surface area contributed by atoms with E-state index in [-0.39, 0.29) is 29.8 Å². The van der Waals surface area contributed by atoms with Gasteiger partial charge in [0, 0.05) is 24.0 Å². The molecule has 0 saturated heterocycles. The molecule has 47 heavy (non-hydrogen) atoms. The smallest absolute Gasteiger partial charge is 0.264 e. The van der Waals surface area contributed by atoms with Crippen LogP contribution in [0.5, 0.6) is 0 Å². The number of nitrogens with zero attached hydrogens (tertiary/aromatic N) is 2. The summed E-state index contributed by atoms with van der Waals surface area (Å²) in [5, 5.41) is 3.63. The molecule has 0 bridgehead atoms. The number of carbonyl (C=O) groups is 2. The molecule has 4 aromatic carbocycles. The number of halogens is 1. The zero-order valence-corrected chi connectivity index (χ0v) is 28.5. The van der Waals surface area contributed by atoms with Crippen molar-refractivity contribution in [2.75, 3.05) is 10.8 Å². The number of hydrogen-bond acceptors (Lipinski definition) is 4. The van der Waals surface area contributed by atoms with Crippen molar-refractivity contribution in [1.82, 2.24) is 10.2 Å². The van der Waals surface area contributed by atoms with E-state index in [9.17, 15) is 18.0 Å². The first-order chi connectivity index (χ1) is 22.6. The van der Waals surface area contributed by atoms with Gasteiger partial charge in [0.05, 0.1) is 10.6 Å². The third-order valence-electron chi connectivity index (χ3n) is 8.81. The summed E-state index contributed by atoms with van der Waals surface area (Å²) >= 11 is 6.48. The van der Waals surface area contributed by atoms with Gasteiger partial charge in [0.25, 0.3) is 10.0 Å². The number of sulfonamides is 1. The lowest BCUT2D eigenvalue weighted by Gasteiger charge is -2.35. The molecule has 1 fully saturated rings. The Morgan fingerprint density at radius 1 is 0.809 bits per heavy atom. The molecule has 4 aromatic rings. The molecular formula is C38H42ClN3O4S. The van der Waals surface area contributed by atoms with Gasteiger partial charge in [-0.1, -0.05) is 115 Å². The van der Waals surface area contributed by atoms with E-state index in [4.69, 9.17) is 11.6 Å². The highest BCUT2D eigenvalue weighted by atomic mass is 35.5. The number of aryl methyl sites for hydroxylation is 1. The molecule has 9 heteroatoms. The minimum atomic E-state index is -4.20. The molecule has 5 rings (SSSR count). The second-order valence-corrected chi connectivity index (χ2v) is 14.5. The third kappa shape index (κ3) is 8.62. The van der Waals surface area contributed by atoms with Crippen molar-refractivity contribution >= 4 is 39.1 Å². The molecule has 1 aliphatic rings. The molecule has 0 aliphatic heterocycles. The summed E-state index contributed by atoms with van der Waals surface area (Å²) in [4.78, 5) is 30.5. The lowest BCUT2D eigenvalue weighted by molar-refractivity contribution is -0.140. The van der Waals surface area contributed by atoms with E-state index in [1.165, 1.54) is 12.1 Å². The van der Waals surface area contributed by atoms with Gasteiger partial charge in [0.15, 0.2) is 0 Å². The molecule has 0 aromatic heterocycles. The summed E-state index contributed by atoms with van der Waals surface area (Å²) < 4.78 is 29.6. The fourth-order valence-corrected chi connectivity index (χ4v) is 7.75. The molecule has 246 valence electrons. The van der Waals surface area contributed by atoms with Crippen molar-refractivity contribution in [3.63, 3.8) is 0 Å². The number of rotatable bonds is 12. The van der Waals surface area contributed by atoms with Crippen LogP contribution < -0.4 is 9.62 Å². The maximum Gasteiger partial charge on any atom is 0.264 e. The number of hydrogen-bond donors (Lipinski definition) is 1. The quantitative estimate of drug-likeness (QED) is 0.172. The summed E-state index contributed by atoms with van der Waals surface area (Å²) in [5.74, 6) is -0.734. The molecule has 1 N–H and O–H groups in total. The van der Waals surface area contributed by atoms with Crippen LogP contribution in [0, 0.1) is 13.8 Å². The van der Waals surface area contributed by atoms with Crippen LogP contribution in [0.1, 0.15) is 54.4 Å². The van der Waals surface area contributed by atoms with Crippen LogP contribution in [0.4, 0.5) is 5.69 Å². The SMILES string of the molecule is Cc1ccc(CN(C(=O)CN(c2cccc(Cl)c2C)S(=O)(=O)c2ccccc2)[C@@H](Cc2ccccc2)C(=O)NC2CCCCC2)cc1. The van der Waals surface area contributed by atoms with Gasteiger partial charge in [0.1, 0.15) is 12.6 Å². The summed E-state index contributed by atoms with van der Waals surface area (Å²) in [6.45, 7) is 3.33. The average Bonchev–Trinajstić information content (AvgIpc) is 3.08. The Labute approximate surface area is 283 Å². The summed E-state index contributed by atoms with van der Waals surface area (Å²) in [6, 6.07) is 29.6. The lowest BCUT2D eigenvalue weighted by Crippen LogP contribution is -2.55. The van der Waals surface area contributed by atoms with Crippen LogP contribution in [0.2, 0.25) is 5.02 Å². The highest BCUT2D eigenvalue weighted by molar-refractivity contribution is 7.92. The first-order valence-electron chi connectivity index (χ1n) is 16.2. The molecular weight excluding hydrogens is 630 g/mol.